The van der Waals surface area contributed by atoms with Crippen LogP contribution in [0.5, 0.6) is 0 Å². The third-order valence-electron chi connectivity index (χ3n) is 4.56. The Labute approximate surface area is 209 Å². The molecule has 0 atom stereocenters. The van der Waals surface area contributed by atoms with E-state index in [9.17, 15) is 13.2 Å². The topological polar surface area (TPSA) is 127 Å². The Morgan fingerprint density at radius 3 is 2.21 bits per heavy atom. The predicted molar refractivity (Wildman–Crippen MR) is 134 cm³/mol. The van der Waals surface area contributed by atoms with Gasteiger partial charge in [-0.05, 0) is 59.0 Å². The number of rotatable bonds is 9. The van der Waals surface area contributed by atoms with Gasteiger partial charge >= 0.3 is 0 Å². The maximum Gasteiger partial charge on any atom is 0.257 e. The van der Waals surface area contributed by atoms with Crippen molar-refractivity contribution in [3.8, 4) is 23.4 Å². The molecule has 1 aromatic heterocycles. The van der Waals surface area contributed by atoms with Crippen molar-refractivity contribution in [1.82, 2.24) is 9.29 Å². The number of benzene rings is 2. The van der Waals surface area contributed by atoms with Crippen LogP contribution >= 0.6 is 33.9 Å². The molecule has 11 heteroatoms. The number of carbonyl (C=O) groups excluding carboxylic acids is 1. The number of hydrogen-bond acceptors (Lipinski definition) is 7. The summed E-state index contributed by atoms with van der Waals surface area (Å²) in [4.78, 5) is 17.0. The van der Waals surface area contributed by atoms with Crippen molar-refractivity contribution in [3.05, 3.63) is 63.0 Å². The Morgan fingerprint density at radius 2 is 1.64 bits per heavy atom. The summed E-state index contributed by atoms with van der Waals surface area (Å²) >= 11 is 3.52. The zero-order chi connectivity index (χ0) is 23.8. The predicted octanol–water partition coefficient (Wildman–Crippen LogP) is 4.49. The highest BCUT2D eigenvalue weighted by atomic mass is 127. The molecule has 33 heavy (non-hydrogen) atoms. The standard InChI is InChI=1S/C22H18IN5O3S2/c23-18-7-3-16(4-8-18)20-15-32-22(26-20)27-21(29)17-5-9-19(10-6-17)33(30,31)28(13-1-11-24)14-2-12-25/h3-10,15H,1-2,13-14H2,(H,26,27,29). The summed E-state index contributed by atoms with van der Waals surface area (Å²) in [6.45, 7) is -0.00854. The number of halogens is 1. The SMILES string of the molecule is N#CCCN(CCC#N)S(=O)(=O)c1ccc(C(=O)Nc2nc(-c3ccc(I)cc3)cs2)cc1. The number of hydrogen-bond donors (Lipinski definition) is 1. The average Bonchev–Trinajstić information content (AvgIpc) is 3.28. The molecular weight excluding hydrogens is 573 g/mol. The number of carbonyl (C=O) groups is 1. The van der Waals surface area contributed by atoms with E-state index in [1.165, 1.54) is 35.6 Å². The maximum absolute atomic E-state index is 12.9. The third kappa shape index (κ3) is 6.36. The number of amides is 1. The van der Waals surface area contributed by atoms with E-state index in [2.05, 4.69) is 32.9 Å². The molecule has 168 valence electrons. The molecule has 0 aliphatic heterocycles. The van der Waals surface area contributed by atoms with Crippen LogP contribution in [0.15, 0.2) is 58.8 Å². The zero-order valence-electron chi connectivity index (χ0n) is 17.2. The minimum atomic E-state index is -3.89. The van der Waals surface area contributed by atoms with Crippen LogP contribution in [0.25, 0.3) is 11.3 Å². The van der Waals surface area contributed by atoms with Gasteiger partial charge in [-0.2, -0.15) is 14.8 Å². The molecule has 0 radical (unpaired) electrons. The molecule has 0 fully saturated rings. The van der Waals surface area contributed by atoms with E-state index in [1.807, 2.05) is 41.8 Å². The van der Waals surface area contributed by atoms with Gasteiger partial charge in [0.25, 0.3) is 5.91 Å². The smallest absolute Gasteiger partial charge is 0.257 e. The van der Waals surface area contributed by atoms with E-state index in [-0.39, 0.29) is 36.4 Å². The van der Waals surface area contributed by atoms with Crippen molar-refractivity contribution in [2.45, 2.75) is 17.7 Å². The largest absolute Gasteiger partial charge is 0.298 e. The number of sulfonamides is 1. The molecule has 0 aliphatic carbocycles. The Morgan fingerprint density at radius 1 is 1.03 bits per heavy atom. The van der Waals surface area contributed by atoms with Crippen molar-refractivity contribution in [1.29, 1.82) is 10.5 Å². The van der Waals surface area contributed by atoms with Gasteiger partial charge in [0.1, 0.15) is 0 Å². The number of nitrogens with one attached hydrogen (secondary N) is 1. The minimum Gasteiger partial charge on any atom is -0.298 e. The normalized spacial score (nSPS) is 11.0. The van der Waals surface area contributed by atoms with Crippen molar-refractivity contribution >= 4 is 55.0 Å². The third-order valence-corrected chi connectivity index (χ3v) is 7.95. The van der Waals surface area contributed by atoms with Gasteiger partial charge in [0.15, 0.2) is 5.13 Å². The second-order valence-electron chi connectivity index (χ2n) is 6.74. The highest BCUT2D eigenvalue weighted by Crippen LogP contribution is 2.26. The first-order valence-electron chi connectivity index (χ1n) is 9.72. The minimum absolute atomic E-state index is 0.00427. The van der Waals surface area contributed by atoms with Gasteiger partial charge < -0.3 is 0 Å². The molecule has 1 N–H and O–H groups in total. The Bertz CT molecular complexity index is 1290. The summed E-state index contributed by atoms with van der Waals surface area (Å²) in [7, 11) is -3.89. The summed E-state index contributed by atoms with van der Waals surface area (Å²) in [5, 5.41) is 22.6. The Balaban J connectivity index is 1.71. The number of aromatic nitrogens is 1. The van der Waals surface area contributed by atoms with Crippen molar-refractivity contribution in [3.63, 3.8) is 0 Å². The van der Waals surface area contributed by atoms with E-state index in [4.69, 9.17) is 10.5 Å². The van der Waals surface area contributed by atoms with Crippen molar-refractivity contribution < 1.29 is 13.2 Å². The lowest BCUT2D eigenvalue weighted by Gasteiger charge is -2.20. The van der Waals surface area contributed by atoms with E-state index in [0.717, 1.165) is 19.1 Å². The number of nitriles is 2. The Kier molecular flexibility index (Phi) is 8.52. The van der Waals surface area contributed by atoms with Crippen molar-refractivity contribution in [2.75, 3.05) is 18.4 Å². The molecule has 3 aromatic rings. The monoisotopic (exact) mass is 591 g/mol. The van der Waals surface area contributed by atoms with Crippen LogP contribution in [0.2, 0.25) is 0 Å². The van der Waals surface area contributed by atoms with Crippen LogP contribution < -0.4 is 5.32 Å². The summed E-state index contributed by atoms with van der Waals surface area (Å²) in [6.07, 6.45) is 0.0341. The van der Waals surface area contributed by atoms with Gasteiger partial charge in [0, 0.05) is 46.0 Å². The van der Waals surface area contributed by atoms with Gasteiger partial charge in [-0.15, -0.1) is 11.3 Å². The first-order valence-corrected chi connectivity index (χ1v) is 13.1. The maximum atomic E-state index is 12.9. The fraction of sp³-hybridized carbons (Fsp3) is 0.182. The van der Waals surface area contributed by atoms with E-state index >= 15 is 0 Å². The second kappa shape index (κ2) is 11.3. The molecular formula is C22H18IN5O3S2. The molecule has 0 spiro atoms. The van der Waals surface area contributed by atoms with Crippen LogP contribution in [0.1, 0.15) is 23.2 Å². The fourth-order valence-electron chi connectivity index (χ4n) is 2.88. The van der Waals surface area contributed by atoms with Crippen LogP contribution in [0.4, 0.5) is 5.13 Å². The van der Waals surface area contributed by atoms with Gasteiger partial charge in [0.05, 0.1) is 22.7 Å². The van der Waals surface area contributed by atoms with Crippen LogP contribution in [0, 0.1) is 26.2 Å². The molecule has 0 saturated heterocycles. The number of nitrogens with zero attached hydrogens (tertiary/aromatic N) is 4. The molecule has 1 heterocycles. The molecule has 1 amide bonds. The fourth-order valence-corrected chi connectivity index (χ4v) is 5.40. The van der Waals surface area contributed by atoms with Gasteiger partial charge in [-0.1, -0.05) is 12.1 Å². The number of thiazole rings is 1. The molecule has 2 aromatic carbocycles. The van der Waals surface area contributed by atoms with Crippen molar-refractivity contribution in [2.24, 2.45) is 0 Å². The van der Waals surface area contributed by atoms with E-state index in [1.54, 1.807) is 0 Å². The average molecular weight is 591 g/mol. The summed E-state index contributed by atoms with van der Waals surface area (Å²) in [6, 6.07) is 17.2. The zero-order valence-corrected chi connectivity index (χ0v) is 21.0. The van der Waals surface area contributed by atoms with Crippen LogP contribution in [-0.4, -0.2) is 36.7 Å². The van der Waals surface area contributed by atoms with Gasteiger partial charge in [-0.25, -0.2) is 13.4 Å². The lowest BCUT2D eigenvalue weighted by molar-refractivity contribution is 0.102. The highest BCUT2D eigenvalue weighted by molar-refractivity contribution is 14.1. The van der Waals surface area contributed by atoms with E-state index in [0.29, 0.717) is 5.13 Å². The lowest BCUT2D eigenvalue weighted by atomic mass is 10.2. The van der Waals surface area contributed by atoms with Crippen LogP contribution in [0.3, 0.4) is 0 Å². The summed E-state index contributed by atoms with van der Waals surface area (Å²) in [5.74, 6) is -0.409. The molecule has 0 bridgehead atoms. The van der Waals surface area contributed by atoms with Gasteiger partial charge in [-0.3, -0.25) is 10.1 Å². The molecule has 8 nitrogen and oxygen atoms in total. The molecule has 0 unspecified atom stereocenters. The summed E-state index contributed by atoms with van der Waals surface area (Å²) < 4.78 is 28.0. The molecule has 0 saturated carbocycles. The highest BCUT2D eigenvalue weighted by Gasteiger charge is 2.24. The first-order chi connectivity index (χ1) is 15.8. The lowest BCUT2D eigenvalue weighted by Crippen LogP contribution is -2.32. The Hall–Kier alpha value is -2.84. The quantitative estimate of drug-likeness (QED) is 0.366. The second-order valence-corrected chi connectivity index (χ2v) is 10.8. The number of anilines is 1. The van der Waals surface area contributed by atoms with Crippen LogP contribution in [-0.2, 0) is 10.0 Å². The summed E-state index contributed by atoms with van der Waals surface area (Å²) in [5.41, 5.74) is 1.97. The van der Waals surface area contributed by atoms with Gasteiger partial charge in [0.2, 0.25) is 10.0 Å². The van der Waals surface area contributed by atoms with E-state index < -0.39 is 15.9 Å². The molecule has 0 aliphatic rings. The molecule has 3 rings (SSSR count). The first kappa shape index (κ1) is 24.8.